The first-order chi connectivity index (χ1) is 8.78. The summed E-state index contributed by atoms with van der Waals surface area (Å²) >= 11 is 0. The zero-order valence-corrected chi connectivity index (χ0v) is 15.8. The molecule has 0 aliphatic heterocycles. The molecule has 114 valence electrons. The molecule has 0 radical (unpaired) electrons. The number of rotatable bonds is 1. The van der Waals surface area contributed by atoms with E-state index in [4.69, 9.17) is 0 Å². The van der Waals surface area contributed by atoms with Gasteiger partial charge in [0.05, 0.1) is 5.30 Å². The van der Waals surface area contributed by atoms with Crippen molar-refractivity contribution in [1.29, 1.82) is 0 Å². The molecule has 0 aliphatic carbocycles. The van der Waals surface area contributed by atoms with Crippen molar-refractivity contribution < 1.29 is 4.89 Å². The van der Waals surface area contributed by atoms with Crippen molar-refractivity contribution in [3.05, 3.63) is 28.8 Å². The first-order valence-corrected chi connectivity index (χ1v) is 8.48. The molecular formula is C18H31OP. The number of hydrogen-bond acceptors (Lipinski definition) is 1. The maximum atomic E-state index is 11.9. The van der Waals surface area contributed by atoms with Gasteiger partial charge in [-0.1, -0.05) is 74.4 Å². The monoisotopic (exact) mass is 294 g/mol. The minimum atomic E-state index is -0.916. The molecule has 0 heterocycles. The lowest BCUT2D eigenvalue weighted by atomic mass is 9.75. The molecule has 0 aliphatic rings. The topological polar surface area (TPSA) is 23.1 Å². The summed E-state index contributed by atoms with van der Waals surface area (Å²) in [6.07, 6.45) is 0. The highest BCUT2D eigenvalue weighted by atomic mass is 31.1. The fourth-order valence-electron chi connectivity index (χ4n) is 2.45. The quantitative estimate of drug-likeness (QED) is 0.721. The van der Waals surface area contributed by atoms with Gasteiger partial charge in [-0.3, -0.25) is 0 Å². The van der Waals surface area contributed by atoms with Gasteiger partial charge in [-0.2, -0.15) is 0 Å². The van der Waals surface area contributed by atoms with Crippen molar-refractivity contribution in [3.63, 3.8) is 0 Å². The van der Waals surface area contributed by atoms with E-state index in [0.29, 0.717) is 0 Å². The molecular weight excluding hydrogens is 263 g/mol. The molecule has 20 heavy (non-hydrogen) atoms. The Bertz CT molecular complexity index is 447. The van der Waals surface area contributed by atoms with Gasteiger partial charge >= 0.3 is 0 Å². The minimum absolute atomic E-state index is 0.0218. The van der Waals surface area contributed by atoms with E-state index >= 15 is 0 Å². The Hall–Kier alpha value is -0.390. The van der Waals surface area contributed by atoms with Gasteiger partial charge in [0.2, 0.25) is 0 Å². The highest BCUT2D eigenvalue weighted by Gasteiger charge is 2.30. The summed E-state index contributed by atoms with van der Waals surface area (Å²) in [6, 6.07) is 4.55. The summed E-state index contributed by atoms with van der Waals surface area (Å²) in [4.78, 5) is 11.9. The first kappa shape index (κ1) is 17.7. The van der Waals surface area contributed by atoms with E-state index in [1.165, 1.54) is 16.7 Å². The van der Waals surface area contributed by atoms with Crippen LogP contribution in [0, 0.1) is 0 Å². The second kappa shape index (κ2) is 5.43. The Labute approximate surface area is 127 Å². The lowest BCUT2D eigenvalue weighted by molar-refractivity contribution is -0.147. The maximum absolute atomic E-state index is 11.9. The van der Waals surface area contributed by atoms with Gasteiger partial charge in [0, 0.05) is 0 Å². The van der Waals surface area contributed by atoms with Crippen LogP contribution in [0.3, 0.4) is 0 Å². The van der Waals surface area contributed by atoms with Crippen LogP contribution in [0.4, 0.5) is 0 Å². The Balaban J connectivity index is 3.75. The van der Waals surface area contributed by atoms with Crippen molar-refractivity contribution >= 4 is 14.1 Å². The van der Waals surface area contributed by atoms with Crippen LogP contribution in [0.1, 0.15) is 79.0 Å². The molecule has 0 saturated heterocycles. The van der Waals surface area contributed by atoms with Crippen LogP contribution in [0.2, 0.25) is 0 Å². The van der Waals surface area contributed by atoms with Gasteiger partial charge in [0.15, 0.2) is 0 Å². The molecule has 0 saturated carbocycles. The van der Waals surface area contributed by atoms with Crippen LogP contribution in [-0.2, 0) is 16.2 Å². The summed E-state index contributed by atoms with van der Waals surface area (Å²) in [5.41, 5.74) is 3.99. The smallest absolute Gasteiger partial charge is 0.0906 e. The Morgan fingerprint density at radius 1 is 0.700 bits per heavy atom. The zero-order chi connectivity index (χ0) is 15.9. The lowest BCUT2D eigenvalue weighted by Gasteiger charge is -2.31. The highest BCUT2D eigenvalue weighted by Crippen LogP contribution is 2.35. The lowest BCUT2D eigenvalue weighted by Crippen LogP contribution is -2.31. The maximum Gasteiger partial charge on any atom is 0.0906 e. The SMILES string of the molecule is CC(C)(C)c1cc(C(C)(C)C)c([PH2+][O-])c(C(C)(C)C)c1. The molecule has 1 aromatic rings. The molecule has 1 rings (SSSR count). The molecule has 1 atom stereocenters. The van der Waals surface area contributed by atoms with Crippen molar-refractivity contribution in [2.24, 2.45) is 0 Å². The van der Waals surface area contributed by atoms with E-state index in [1.807, 2.05) is 0 Å². The largest absolute Gasteiger partial charge is 0.679 e. The average molecular weight is 294 g/mol. The van der Waals surface area contributed by atoms with E-state index < -0.39 is 8.81 Å². The van der Waals surface area contributed by atoms with E-state index in [1.54, 1.807) is 0 Å². The van der Waals surface area contributed by atoms with Crippen LogP contribution in [0.25, 0.3) is 0 Å². The molecule has 0 spiro atoms. The third kappa shape index (κ3) is 3.83. The first-order valence-electron chi connectivity index (χ1n) is 7.43. The molecule has 1 nitrogen and oxygen atoms in total. The van der Waals surface area contributed by atoms with Gasteiger partial charge in [0.1, 0.15) is 0 Å². The average Bonchev–Trinajstić information content (AvgIpc) is 2.23. The Morgan fingerprint density at radius 3 is 1.25 bits per heavy atom. The second-order valence-corrected chi connectivity index (χ2v) is 9.67. The molecule has 1 aromatic carbocycles. The molecule has 0 aromatic heterocycles. The summed E-state index contributed by atoms with van der Waals surface area (Å²) < 4.78 is 0. The molecule has 1 unspecified atom stereocenters. The van der Waals surface area contributed by atoms with Crippen LogP contribution in [0.5, 0.6) is 0 Å². The van der Waals surface area contributed by atoms with Gasteiger partial charge in [-0.25, -0.2) is 0 Å². The fraction of sp³-hybridized carbons (Fsp3) is 0.667. The van der Waals surface area contributed by atoms with E-state index in [0.717, 1.165) is 5.30 Å². The van der Waals surface area contributed by atoms with Crippen LogP contribution < -0.4 is 10.2 Å². The predicted molar refractivity (Wildman–Crippen MR) is 91.9 cm³/mol. The fourth-order valence-corrected chi connectivity index (χ4v) is 3.74. The van der Waals surface area contributed by atoms with E-state index in [2.05, 4.69) is 74.4 Å². The molecule has 0 N–H and O–H groups in total. The summed E-state index contributed by atoms with van der Waals surface area (Å²) in [5.74, 6) is 0. The minimum Gasteiger partial charge on any atom is -0.679 e. The normalized spacial score (nSPS) is 14.3. The van der Waals surface area contributed by atoms with Crippen LogP contribution in [0.15, 0.2) is 12.1 Å². The van der Waals surface area contributed by atoms with Gasteiger partial charge in [-0.15, -0.1) is 0 Å². The number of benzene rings is 1. The Morgan fingerprint density at radius 2 is 1.05 bits per heavy atom. The summed E-state index contributed by atoms with van der Waals surface area (Å²) in [7, 11) is -0.916. The van der Waals surface area contributed by atoms with E-state index in [9.17, 15) is 4.89 Å². The van der Waals surface area contributed by atoms with Gasteiger partial charge < -0.3 is 4.89 Å². The van der Waals surface area contributed by atoms with Crippen molar-refractivity contribution in [2.75, 3.05) is 0 Å². The molecule has 0 fully saturated rings. The van der Waals surface area contributed by atoms with Gasteiger partial charge in [0.25, 0.3) is 0 Å². The van der Waals surface area contributed by atoms with Crippen molar-refractivity contribution in [1.82, 2.24) is 0 Å². The summed E-state index contributed by atoms with van der Waals surface area (Å²) in [6.45, 7) is 20.0. The molecule has 0 amide bonds. The number of hydrogen-bond donors (Lipinski definition) is 0. The third-order valence-electron chi connectivity index (χ3n) is 3.78. The van der Waals surface area contributed by atoms with Gasteiger partial charge in [-0.05, 0) is 41.7 Å². The molecule has 0 bridgehead atoms. The zero-order valence-electron chi connectivity index (χ0n) is 14.6. The van der Waals surface area contributed by atoms with Crippen LogP contribution in [-0.4, -0.2) is 0 Å². The van der Waals surface area contributed by atoms with Crippen molar-refractivity contribution in [2.45, 2.75) is 78.6 Å². The predicted octanol–water partition coefficient (Wildman–Crippen LogP) is 3.89. The third-order valence-corrected chi connectivity index (χ3v) is 4.64. The summed E-state index contributed by atoms with van der Waals surface area (Å²) in [5, 5.41) is 1.08. The Kier molecular flexibility index (Phi) is 4.79. The van der Waals surface area contributed by atoms with E-state index in [-0.39, 0.29) is 16.2 Å². The van der Waals surface area contributed by atoms with Crippen LogP contribution >= 0.6 is 8.81 Å². The standard InChI is InChI=1S/C18H31OP/c1-16(2,3)12-10-13(17(4,5)6)15(20-19)14(11-12)18(7,8)9/h10-11H,20H2,1-9H3. The highest BCUT2D eigenvalue weighted by molar-refractivity contribution is 7.39. The molecule has 2 heteroatoms. The van der Waals surface area contributed by atoms with Crippen molar-refractivity contribution in [3.8, 4) is 0 Å². The second-order valence-electron chi connectivity index (χ2n) is 8.85.